The molecule has 1 amide bonds. The maximum Gasteiger partial charge on any atom is 0.329 e. The number of nitrogens with one attached hydrogen (secondary N) is 3. The zero-order valence-corrected chi connectivity index (χ0v) is 35.6. The fraction of sp³-hybridized carbons (Fsp3) is 0.340. The first kappa shape index (κ1) is 45.3. The number of benzene rings is 5. The Morgan fingerprint density at radius 2 is 1.08 bits per heavy atom. The van der Waals surface area contributed by atoms with E-state index in [1.54, 1.807) is 28.1 Å². The molecule has 0 saturated heterocycles. The van der Waals surface area contributed by atoms with Crippen molar-refractivity contribution < 1.29 is 28.6 Å². The Bertz CT molecular complexity index is 2100. The zero-order valence-electron chi connectivity index (χ0n) is 35.6. The highest BCUT2D eigenvalue weighted by atomic mass is 16.5. The number of esters is 1. The number of ketones is 1. The van der Waals surface area contributed by atoms with E-state index >= 15 is 0 Å². The van der Waals surface area contributed by atoms with E-state index in [9.17, 15) is 14.4 Å². The second-order valence-corrected chi connectivity index (χ2v) is 15.1. The van der Waals surface area contributed by atoms with Gasteiger partial charge in [0.1, 0.15) is 43.1 Å². The molecule has 0 saturated carbocycles. The quantitative estimate of drug-likeness (QED) is 0.0435. The number of likely N-dealkylation sites (N-methyl/N-ethyl adjacent to an activating group) is 3. The number of hydrogen-bond acceptors (Lipinski definition) is 9. The van der Waals surface area contributed by atoms with Crippen LogP contribution in [0.15, 0.2) is 127 Å². The predicted molar refractivity (Wildman–Crippen MR) is 238 cm³/mol. The molecule has 0 spiro atoms. The van der Waals surface area contributed by atoms with Gasteiger partial charge in [-0.05, 0) is 117 Å². The number of carbonyl (C=O) groups is 3. The highest BCUT2D eigenvalue weighted by Gasteiger charge is 2.33. The first-order valence-electron chi connectivity index (χ1n) is 20.8. The van der Waals surface area contributed by atoms with Gasteiger partial charge in [-0.3, -0.25) is 9.59 Å². The molecule has 5 aromatic carbocycles. The van der Waals surface area contributed by atoms with Gasteiger partial charge in [0, 0.05) is 13.5 Å². The van der Waals surface area contributed by atoms with Crippen LogP contribution < -0.4 is 25.4 Å². The first-order valence-corrected chi connectivity index (χ1v) is 20.8. The van der Waals surface area contributed by atoms with E-state index in [0.717, 1.165) is 58.3 Å². The van der Waals surface area contributed by atoms with Crippen LogP contribution in [0, 0.1) is 0 Å². The van der Waals surface area contributed by atoms with Gasteiger partial charge in [0.25, 0.3) is 0 Å². The molecule has 3 N–H and O–H groups in total. The van der Waals surface area contributed by atoms with E-state index in [0.29, 0.717) is 37.6 Å². The lowest BCUT2D eigenvalue weighted by molar-refractivity contribution is -0.156. The number of ether oxygens (including phenoxy) is 3. The van der Waals surface area contributed by atoms with Crippen molar-refractivity contribution in [2.75, 3.05) is 34.7 Å². The summed E-state index contributed by atoms with van der Waals surface area (Å²) in [5.41, 5.74) is 6.27. The third kappa shape index (κ3) is 13.4. The monoisotopic (exact) mass is 812 g/mol. The molecule has 0 unspecified atom stereocenters. The van der Waals surface area contributed by atoms with Crippen molar-refractivity contribution in [3.05, 3.63) is 155 Å². The maximum absolute atomic E-state index is 14.2. The van der Waals surface area contributed by atoms with E-state index < -0.39 is 24.1 Å². The van der Waals surface area contributed by atoms with Crippen molar-refractivity contribution >= 4 is 17.7 Å². The topological polar surface area (TPSA) is 118 Å². The molecule has 0 fully saturated rings. The summed E-state index contributed by atoms with van der Waals surface area (Å²) < 4.78 is 18.8. The van der Waals surface area contributed by atoms with Crippen LogP contribution in [0.2, 0.25) is 0 Å². The summed E-state index contributed by atoms with van der Waals surface area (Å²) >= 11 is 0. The van der Waals surface area contributed by atoms with Crippen molar-refractivity contribution in [2.45, 2.75) is 77.0 Å². The molecule has 5 rings (SSSR count). The van der Waals surface area contributed by atoms with Crippen LogP contribution in [0.3, 0.4) is 0 Å². The smallest absolute Gasteiger partial charge is 0.329 e. The SMILES string of the molecule is CNCCCC[C@H](NC)C(=O)N(C)[C@@H](Cc1cc(-c2ccc(OCc3ccccc3)c(C[C@H](NC)C(C)=O)c2)ccc1OCc1ccccc1)C(=O)OCc1ccccc1. The van der Waals surface area contributed by atoms with Crippen LogP contribution in [0.5, 0.6) is 11.5 Å². The molecular formula is C50H60N4O6. The number of Topliss-reactive ketones (excluding diaryl/α,β-unsaturated/α-hetero) is 1. The molecule has 0 radical (unpaired) electrons. The van der Waals surface area contributed by atoms with E-state index in [4.69, 9.17) is 14.2 Å². The van der Waals surface area contributed by atoms with Gasteiger partial charge >= 0.3 is 5.97 Å². The van der Waals surface area contributed by atoms with Gasteiger partial charge in [-0.15, -0.1) is 0 Å². The molecule has 0 aliphatic carbocycles. The van der Waals surface area contributed by atoms with Crippen LogP contribution in [0.1, 0.15) is 54.0 Å². The van der Waals surface area contributed by atoms with E-state index in [1.165, 1.54) is 4.90 Å². The average molecular weight is 813 g/mol. The highest BCUT2D eigenvalue weighted by molar-refractivity contribution is 5.88. The number of hydrogen-bond donors (Lipinski definition) is 3. The van der Waals surface area contributed by atoms with E-state index in [-0.39, 0.29) is 24.7 Å². The molecule has 0 heterocycles. The van der Waals surface area contributed by atoms with Crippen LogP contribution in [-0.2, 0) is 51.8 Å². The maximum atomic E-state index is 14.2. The van der Waals surface area contributed by atoms with Gasteiger partial charge < -0.3 is 35.1 Å². The third-order valence-corrected chi connectivity index (χ3v) is 10.7. The summed E-state index contributed by atoms with van der Waals surface area (Å²) in [7, 11) is 7.15. The van der Waals surface area contributed by atoms with Crippen molar-refractivity contribution in [1.82, 2.24) is 20.9 Å². The Labute approximate surface area is 355 Å². The summed E-state index contributed by atoms with van der Waals surface area (Å²) in [6, 6.07) is 39.5. The molecule has 60 heavy (non-hydrogen) atoms. The molecule has 0 aliphatic rings. The second-order valence-electron chi connectivity index (χ2n) is 15.1. The summed E-state index contributed by atoms with van der Waals surface area (Å²) in [6.07, 6.45) is 2.96. The lowest BCUT2D eigenvalue weighted by Crippen LogP contribution is -2.51. The van der Waals surface area contributed by atoms with Gasteiger partial charge in [-0.25, -0.2) is 4.79 Å². The van der Waals surface area contributed by atoms with Crippen molar-refractivity contribution in [3.63, 3.8) is 0 Å². The van der Waals surface area contributed by atoms with Gasteiger partial charge in [0.2, 0.25) is 5.91 Å². The number of amides is 1. The zero-order chi connectivity index (χ0) is 42.7. The third-order valence-electron chi connectivity index (χ3n) is 10.7. The van der Waals surface area contributed by atoms with Gasteiger partial charge in [-0.2, -0.15) is 0 Å². The minimum atomic E-state index is -0.958. The van der Waals surface area contributed by atoms with Crippen LogP contribution in [-0.4, -0.2) is 75.4 Å². The predicted octanol–water partition coefficient (Wildman–Crippen LogP) is 7.32. The largest absolute Gasteiger partial charge is 0.489 e. The fourth-order valence-electron chi connectivity index (χ4n) is 7.11. The van der Waals surface area contributed by atoms with E-state index in [2.05, 4.69) is 22.0 Å². The molecule has 3 atom stereocenters. The summed E-state index contributed by atoms with van der Waals surface area (Å²) in [5, 5.41) is 9.50. The Morgan fingerprint density at radius 3 is 1.55 bits per heavy atom. The van der Waals surface area contributed by atoms with Crippen molar-refractivity contribution in [3.8, 4) is 22.6 Å². The average Bonchev–Trinajstić information content (AvgIpc) is 3.28. The molecule has 0 bridgehead atoms. The number of nitrogens with zero attached hydrogens (tertiary/aromatic N) is 1. The van der Waals surface area contributed by atoms with Crippen LogP contribution in [0.25, 0.3) is 11.1 Å². The highest BCUT2D eigenvalue weighted by Crippen LogP contribution is 2.33. The Kier molecular flexibility index (Phi) is 17.9. The normalized spacial score (nSPS) is 12.6. The summed E-state index contributed by atoms with van der Waals surface area (Å²) in [5.74, 6) is 0.618. The van der Waals surface area contributed by atoms with Crippen LogP contribution >= 0.6 is 0 Å². The molecule has 10 heteroatoms. The van der Waals surface area contributed by atoms with Crippen molar-refractivity contribution in [2.24, 2.45) is 0 Å². The second kappa shape index (κ2) is 23.7. The Balaban J connectivity index is 1.52. The molecule has 316 valence electrons. The lowest BCUT2D eigenvalue weighted by atomic mass is 9.94. The lowest BCUT2D eigenvalue weighted by Gasteiger charge is -2.30. The Hall–Kier alpha value is -5.81. The van der Waals surface area contributed by atoms with Gasteiger partial charge in [0.15, 0.2) is 0 Å². The summed E-state index contributed by atoms with van der Waals surface area (Å²) in [4.78, 5) is 42.5. The fourth-order valence-corrected chi connectivity index (χ4v) is 7.11. The molecule has 5 aromatic rings. The standard InChI is InChI=1S/C50H60N4O6/c1-36(55)45(53-4)31-42-29-40(24-26-47(42)58-33-37-17-9-6-10-18-37)41-25-27-48(59-34-38-19-11-7-12-20-38)43(30-41)32-46(50(57)60-35-39-21-13-8-14-22-39)54(5)49(56)44(52-3)23-15-16-28-51-2/h6-14,17-22,24-27,29-30,44-46,51-53H,15-16,23,28,31-35H2,1-5H3/t44-,45-,46-/m0/s1. The molecule has 0 aliphatic heterocycles. The summed E-state index contributed by atoms with van der Waals surface area (Å²) in [6.45, 7) is 3.21. The number of unbranched alkanes of at least 4 members (excludes halogenated alkanes) is 1. The van der Waals surface area contributed by atoms with Gasteiger partial charge in [-0.1, -0.05) is 110 Å². The molecular weight excluding hydrogens is 753 g/mol. The minimum absolute atomic E-state index is 0.0291. The van der Waals surface area contributed by atoms with Gasteiger partial charge in [0.05, 0.1) is 12.1 Å². The Morgan fingerprint density at radius 1 is 0.600 bits per heavy atom. The van der Waals surface area contributed by atoms with E-state index in [1.807, 2.05) is 128 Å². The number of carbonyl (C=O) groups excluding carboxylic acids is 3. The number of rotatable bonds is 24. The molecule has 0 aromatic heterocycles. The molecule has 10 nitrogen and oxygen atoms in total. The first-order chi connectivity index (χ1) is 29.2. The van der Waals surface area contributed by atoms with Crippen LogP contribution in [0.4, 0.5) is 0 Å². The minimum Gasteiger partial charge on any atom is -0.489 e. The van der Waals surface area contributed by atoms with Crippen molar-refractivity contribution in [1.29, 1.82) is 0 Å².